The van der Waals surface area contributed by atoms with Crippen molar-refractivity contribution in [3.8, 4) is 5.75 Å². The van der Waals surface area contributed by atoms with Crippen LogP contribution in [0.1, 0.15) is 58.1 Å². The van der Waals surface area contributed by atoms with E-state index >= 15 is 0 Å². The van der Waals surface area contributed by atoms with Crippen molar-refractivity contribution in [1.29, 1.82) is 0 Å². The first-order valence-corrected chi connectivity index (χ1v) is 18.1. The molecule has 3 aliphatic rings. The van der Waals surface area contributed by atoms with Crippen LogP contribution in [0.25, 0.3) is 6.08 Å². The highest BCUT2D eigenvalue weighted by molar-refractivity contribution is 9.10. The quantitative estimate of drug-likeness (QED) is 0.132. The predicted octanol–water partition coefficient (Wildman–Crippen LogP) is 9.23. The number of ether oxygens (including phenoxy) is 1. The Kier molecular flexibility index (Phi) is 8.96. The molecule has 254 valence electrons. The fraction of sp³-hybridized carbons (Fsp3) is 0.167. The minimum absolute atomic E-state index is 0.0805. The minimum Gasteiger partial charge on any atom is -0.487 e. The van der Waals surface area contributed by atoms with Gasteiger partial charge in [0.05, 0.1) is 10.7 Å². The van der Waals surface area contributed by atoms with Crippen LogP contribution in [0.4, 0.5) is 16.2 Å². The van der Waals surface area contributed by atoms with Crippen molar-refractivity contribution in [2.45, 2.75) is 31.3 Å². The number of rotatable bonds is 7. The van der Waals surface area contributed by atoms with Crippen molar-refractivity contribution in [2.24, 2.45) is 0 Å². The maximum atomic E-state index is 14.2. The van der Waals surface area contributed by atoms with Crippen LogP contribution in [-0.2, 0) is 16.2 Å². The SMILES string of the molecule is O=C1NC(=O)N(c2cc3c4c(c2)[C@H](c2ccccc2)CCN4CC[C@H]3c2ccccc2)C(=O)/C1=C/c1ccc(OCc2ccc(Br)cc2)c(Cl)c1. The molecule has 5 aromatic carbocycles. The van der Waals surface area contributed by atoms with E-state index in [0.717, 1.165) is 52.0 Å². The van der Waals surface area contributed by atoms with E-state index in [2.05, 4.69) is 50.4 Å². The number of amides is 4. The minimum atomic E-state index is -0.778. The van der Waals surface area contributed by atoms with Gasteiger partial charge in [-0.1, -0.05) is 106 Å². The number of anilines is 2. The largest absolute Gasteiger partial charge is 0.487 e. The molecular formula is C42H33BrClN3O4. The Morgan fingerprint density at radius 2 is 1.39 bits per heavy atom. The van der Waals surface area contributed by atoms with Gasteiger partial charge in [-0.15, -0.1) is 0 Å². The van der Waals surface area contributed by atoms with Crippen LogP contribution in [0, 0.1) is 0 Å². The van der Waals surface area contributed by atoms with E-state index in [1.807, 2.05) is 72.8 Å². The summed E-state index contributed by atoms with van der Waals surface area (Å²) in [6.45, 7) is 2.16. The van der Waals surface area contributed by atoms with Crippen molar-refractivity contribution >= 4 is 62.8 Å². The number of nitrogens with one attached hydrogen (secondary N) is 1. The lowest BCUT2D eigenvalue weighted by Crippen LogP contribution is -2.54. The molecular weight excluding hydrogens is 726 g/mol. The van der Waals surface area contributed by atoms with Gasteiger partial charge in [-0.2, -0.15) is 0 Å². The van der Waals surface area contributed by atoms with Crippen LogP contribution in [0.2, 0.25) is 5.02 Å². The number of imide groups is 2. The number of benzene rings is 5. The molecule has 0 spiro atoms. The maximum Gasteiger partial charge on any atom is 0.335 e. The Morgan fingerprint density at radius 3 is 1.98 bits per heavy atom. The number of barbiturate groups is 1. The number of carbonyl (C=O) groups excluding carboxylic acids is 3. The van der Waals surface area contributed by atoms with Crippen molar-refractivity contribution < 1.29 is 19.1 Å². The Morgan fingerprint density at radius 1 is 0.784 bits per heavy atom. The van der Waals surface area contributed by atoms with Crippen LogP contribution in [-0.4, -0.2) is 30.9 Å². The first-order valence-electron chi connectivity index (χ1n) is 16.9. The summed E-state index contributed by atoms with van der Waals surface area (Å²) in [4.78, 5) is 44.5. The molecule has 3 aliphatic heterocycles. The van der Waals surface area contributed by atoms with Gasteiger partial charge in [0.2, 0.25) is 0 Å². The second kappa shape index (κ2) is 13.9. The predicted molar refractivity (Wildman–Crippen MR) is 203 cm³/mol. The summed E-state index contributed by atoms with van der Waals surface area (Å²) in [6.07, 6.45) is 3.28. The normalized spacial score (nSPS) is 19.2. The van der Waals surface area contributed by atoms with E-state index in [-0.39, 0.29) is 17.4 Å². The molecule has 4 amide bonds. The molecule has 9 heteroatoms. The third-order valence-electron chi connectivity index (χ3n) is 9.93. The summed E-state index contributed by atoms with van der Waals surface area (Å²) in [5, 5.41) is 2.74. The van der Waals surface area contributed by atoms with Crippen molar-refractivity contribution in [3.63, 3.8) is 0 Å². The number of halogens is 2. The lowest BCUT2D eigenvalue weighted by atomic mass is 9.76. The first-order chi connectivity index (χ1) is 24.8. The first kappa shape index (κ1) is 33.0. The molecule has 7 nitrogen and oxygen atoms in total. The molecule has 0 saturated carbocycles. The highest BCUT2D eigenvalue weighted by Crippen LogP contribution is 2.50. The summed E-state index contributed by atoms with van der Waals surface area (Å²) >= 11 is 10.0. The Labute approximate surface area is 309 Å². The van der Waals surface area contributed by atoms with Crippen LogP contribution in [0.5, 0.6) is 5.75 Å². The molecule has 1 fully saturated rings. The summed E-state index contributed by atoms with van der Waals surface area (Å²) in [5.41, 5.74) is 7.47. The van der Waals surface area contributed by atoms with Gasteiger partial charge >= 0.3 is 6.03 Å². The topological polar surface area (TPSA) is 79.0 Å². The smallest absolute Gasteiger partial charge is 0.335 e. The van der Waals surface area contributed by atoms with Crippen molar-refractivity contribution in [1.82, 2.24) is 5.32 Å². The molecule has 8 rings (SSSR count). The van der Waals surface area contributed by atoms with Gasteiger partial charge in [0.15, 0.2) is 0 Å². The van der Waals surface area contributed by atoms with Crippen LogP contribution in [0.3, 0.4) is 0 Å². The van der Waals surface area contributed by atoms with E-state index in [0.29, 0.717) is 28.6 Å². The lowest BCUT2D eigenvalue weighted by molar-refractivity contribution is -0.122. The molecule has 1 saturated heterocycles. The average molecular weight is 759 g/mol. The van der Waals surface area contributed by atoms with Gasteiger partial charge in [0.25, 0.3) is 11.8 Å². The standard InChI is InChI=1S/C42H33BrClN3O4/c43-30-14-11-26(12-15-30)25-51-38-16-13-27(22-37(38)44)21-36-40(48)45-42(50)47(41(36)49)31-23-34-32(28-7-3-1-4-8-28)17-19-46-20-18-33(35(24-31)39(34)46)29-9-5-2-6-10-29/h1-16,21-24,32-33H,17-20,25H2,(H,45,48,50)/b36-21+/t32-,33-/m0/s1. The number of carbonyl (C=O) groups is 3. The number of urea groups is 1. The van der Waals surface area contributed by atoms with Gasteiger partial charge in [0, 0.05) is 35.1 Å². The Bertz CT molecular complexity index is 2120. The van der Waals surface area contributed by atoms with E-state index in [1.54, 1.807) is 18.2 Å². The van der Waals surface area contributed by atoms with E-state index in [4.69, 9.17) is 16.3 Å². The molecule has 0 unspecified atom stereocenters. The summed E-state index contributed by atoms with van der Waals surface area (Å²) in [7, 11) is 0. The molecule has 0 radical (unpaired) electrons. The zero-order valence-electron chi connectivity index (χ0n) is 27.5. The molecule has 3 heterocycles. The molecule has 51 heavy (non-hydrogen) atoms. The van der Waals surface area contributed by atoms with Crippen LogP contribution >= 0.6 is 27.5 Å². The summed E-state index contributed by atoms with van der Waals surface area (Å²) in [5.74, 6) is -0.828. The third-order valence-corrected chi connectivity index (χ3v) is 10.8. The van der Waals surface area contributed by atoms with Crippen LogP contribution in [0.15, 0.2) is 125 Å². The molecule has 1 N–H and O–H groups in total. The zero-order chi connectivity index (χ0) is 35.1. The fourth-order valence-corrected chi connectivity index (χ4v) is 8.00. The maximum absolute atomic E-state index is 14.2. The van der Waals surface area contributed by atoms with E-state index in [1.165, 1.54) is 22.9 Å². The summed E-state index contributed by atoms with van der Waals surface area (Å²) < 4.78 is 6.90. The number of hydrogen-bond donors (Lipinski definition) is 1. The fourth-order valence-electron chi connectivity index (χ4n) is 7.49. The second-order valence-electron chi connectivity index (χ2n) is 13.0. The molecule has 2 atom stereocenters. The van der Waals surface area contributed by atoms with Gasteiger partial charge in [-0.25, -0.2) is 9.69 Å². The highest BCUT2D eigenvalue weighted by Gasteiger charge is 2.40. The van der Waals surface area contributed by atoms with Gasteiger partial charge < -0.3 is 9.64 Å². The van der Waals surface area contributed by atoms with Gasteiger partial charge in [-0.3, -0.25) is 14.9 Å². The number of nitrogens with zero attached hydrogens (tertiary/aromatic N) is 2. The molecule has 0 aliphatic carbocycles. The van der Waals surface area contributed by atoms with Crippen molar-refractivity contribution in [3.05, 3.63) is 164 Å². The Balaban J connectivity index is 1.16. The van der Waals surface area contributed by atoms with Crippen molar-refractivity contribution in [2.75, 3.05) is 22.9 Å². The summed E-state index contributed by atoms with van der Waals surface area (Å²) in [6, 6.07) is 36.7. The molecule has 5 aromatic rings. The van der Waals surface area contributed by atoms with E-state index in [9.17, 15) is 14.4 Å². The molecule has 0 bridgehead atoms. The van der Waals surface area contributed by atoms with Gasteiger partial charge in [0.1, 0.15) is 17.9 Å². The zero-order valence-corrected chi connectivity index (χ0v) is 29.9. The van der Waals surface area contributed by atoms with Crippen LogP contribution < -0.4 is 19.9 Å². The Hall–Kier alpha value is -5.18. The monoisotopic (exact) mass is 757 g/mol. The van der Waals surface area contributed by atoms with E-state index < -0.39 is 17.8 Å². The average Bonchev–Trinajstić information content (AvgIpc) is 3.14. The third kappa shape index (κ3) is 6.46. The highest BCUT2D eigenvalue weighted by atomic mass is 79.9. The lowest BCUT2D eigenvalue weighted by Gasteiger charge is -2.44. The molecule has 0 aromatic heterocycles. The second-order valence-corrected chi connectivity index (χ2v) is 14.3. The van der Waals surface area contributed by atoms with Gasteiger partial charge in [-0.05, 0) is 88.7 Å². The number of hydrogen-bond acceptors (Lipinski definition) is 5.